The monoisotopic (exact) mass is 197 g/mol. The molecule has 1 heterocycles. The van der Waals surface area contributed by atoms with Crippen molar-refractivity contribution in [2.45, 2.75) is 6.42 Å². The molecule has 0 fully saturated rings. The molecule has 2 nitrogen and oxygen atoms in total. The second-order valence-corrected chi connectivity index (χ2v) is 3.75. The van der Waals surface area contributed by atoms with Crippen molar-refractivity contribution in [3.63, 3.8) is 0 Å². The highest BCUT2D eigenvalue weighted by Crippen LogP contribution is 2.32. The summed E-state index contributed by atoms with van der Waals surface area (Å²) in [7, 11) is 0. The quantitative estimate of drug-likeness (QED) is 0.763. The molecule has 1 aliphatic carbocycles. The summed E-state index contributed by atoms with van der Waals surface area (Å²) in [5.74, 6) is 0.901. The first-order valence-electron chi connectivity index (χ1n) is 4.96. The van der Waals surface area contributed by atoms with Gasteiger partial charge in [-0.25, -0.2) is 0 Å². The maximum Gasteiger partial charge on any atom is 0.134 e. The Hall–Kier alpha value is -1.96. The van der Waals surface area contributed by atoms with Crippen LogP contribution in [0.3, 0.4) is 0 Å². The van der Waals surface area contributed by atoms with Gasteiger partial charge in [0.15, 0.2) is 0 Å². The van der Waals surface area contributed by atoms with Gasteiger partial charge in [-0.3, -0.25) is 0 Å². The average molecular weight is 197 g/mol. The van der Waals surface area contributed by atoms with Gasteiger partial charge in [-0.1, -0.05) is 18.2 Å². The molecule has 2 N–H and O–H groups in total. The van der Waals surface area contributed by atoms with Crippen molar-refractivity contribution in [1.29, 1.82) is 0 Å². The molecule has 0 amide bonds. The summed E-state index contributed by atoms with van der Waals surface area (Å²) in [4.78, 5) is 0. The molecule has 74 valence electrons. The highest BCUT2D eigenvalue weighted by Gasteiger charge is 2.15. The molecule has 0 saturated carbocycles. The van der Waals surface area contributed by atoms with Crippen molar-refractivity contribution in [3.05, 3.63) is 53.4 Å². The van der Waals surface area contributed by atoms with Gasteiger partial charge >= 0.3 is 0 Å². The van der Waals surface area contributed by atoms with E-state index in [1.165, 1.54) is 11.1 Å². The van der Waals surface area contributed by atoms with Crippen LogP contribution in [0.2, 0.25) is 0 Å². The predicted octanol–water partition coefficient (Wildman–Crippen LogP) is 2.80. The fourth-order valence-corrected chi connectivity index (χ4v) is 2.04. The van der Waals surface area contributed by atoms with E-state index in [1.807, 2.05) is 24.3 Å². The van der Waals surface area contributed by atoms with Gasteiger partial charge in [-0.2, -0.15) is 0 Å². The first kappa shape index (κ1) is 8.36. The molecule has 0 saturated heterocycles. The van der Waals surface area contributed by atoms with E-state index in [4.69, 9.17) is 10.2 Å². The van der Waals surface area contributed by atoms with Crippen LogP contribution in [0.1, 0.15) is 11.1 Å². The van der Waals surface area contributed by atoms with Crippen molar-refractivity contribution in [2.75, 3.05) is 0 Å². The van der Waals surface area contributed by atoms with Gasteiger partial charge in [0.2, 0.25) is 0 Å². The van der Waals surface area contributed by atoms with E-state index in [1.54, 1.807) is 6.26 Å². The summed E-state index contributed by atoms with van der Waals surface area (Å²) in [5, 5.41) is 0. The lowest BCUT2D eigenvalue weighted by molar-refractivity contribution is 0.582. The Morgan fingerprint density at radius 2 is 2.07 bits per heavy atom. The van der Waals surface area contributed by atoms with Gasteiger partial charge in [-0.05, 0) is 29.3 Å². The topological polar surface area (TPSA) is 39.2 Å². The predicted molar refractivity (Wildman–Crippen MR) is 60.0 cm³/mol. The third-order valence-corrected chi connectivity index (χ3v) is 2.71. The zero-order chi connectivity index (χ0) is 10.3. The molecular formula is C13H11NO. The Labute approximate surface area is 88.0 Å². The van der Waals surface area contributed by atoms with Crippen LogP contribution < -0.4 is 5.73 Å². The molecule has 0 bridgehead atoms. The van der Waals surface area contributed by atoms with E-state index in [0.717, 1.165) is 23.4 Å². The molecule has 1 aromatic heterocycles. The van der Waals surface area contributed by atoms with Crippen LogP contribution in [0.5, 0.6) is 0 Å². The number of nitrogens with two attached hydrogens (primary N) is 1. The fourth-order valence-electron chi connectivity index (χ4n) is 2.04. The smallest absolute Gasteiger partial charge is 0.134 e. The maximum absolute atomic E-state index is 5.84. The van der Waals surface area contributed by atoms with E-state index in [-0.39, 0.29) is 0 Å². The number of hydrogen-bond acceptors (Lipinski definition) is 2. The Kier molecular flexibility index (Phi) is 1.68. The maximum atomic E-state index is 5.84. The number of benzene rings is 1. The highest BCUT2D eigenvalue weighted by atomic mass is 16.3. The summed E-state index contributed by atoms with van der Waals surface area (Å²) in [6.45, 7) is 0. The summed E-state index contributed by atoms with van der Waals surface area (Å²) in [5.41, 5.74) is 10.4. The number of allylic oxidation sites excluding steroid dienone is 1. The van der Waals surface area contributed by atoms with Crippen LogP contribution >= 0.6 is 0 Å². The minimum atomic E-state index is 0.851. The van der Waals surface area contributed by atoms with Crippen molar-refractivity contribution in [1.82, 2.24) is 0 Å². The van der Waals surface area contributed by atoms with Gasteiger partial charge in [0.1, 0.15) is 5.76 Å². The molecule has 0 spiro atoms. The molecule has 15 heavy (non-hydrogen) atoms. The second-order valence-electron chi connectivity index (χ2n) is 3.75. The Morgan fingerprint density at radius 1 is 1.13 bits per heavy atom. The van der Waals surface area contributed by atoms with Gasteiger partial charge in [-0.15, -0.1) is 0 Å². The first-order chi connectivity index (χ1) is 7.34. The van der Waals surface area contributed by atoms with Crippen LogP contribution in [0.4, 0.5) is 0 Å². The van der Waals surface area contributed by atoms with Gasteiger partial charge in [0.25, 0.3) is 0 Å². The summed E-state index contributed by atoms with van der Waals surface area (Å²) in [6.07, 6.45) is 4.58. The second kappa shape index (κ2) is 3.02. The molecule has 0 unspecified atom stereocenters. The van der Waals surface area contributed by atoms with Crippen LogP contribution in [-0.4, -0.2) is 0 Å². The van der Waals surface area contributed by atoms with Crippen molar-refractivity contribution >= 4 is 6.08 Å². The van der Waals surface area contributed by atoms with Crippen LogP contribution in [-0.2, 0) is 6.42 Å². The SMILES string of the molecule is NC1=Cc2c(cccc2-c2ccco2)C1. The molecule has 2 heteroatoms. The van der Waals surface area contributed by atoms with E-state index >= 15 is 0 Å². The third-order valence-electron chi connectivity index (χ3n) is 2.71. The van der Waals surface area contributed by atoms with Crippen LogP contribution in [0, 0.1) is 0 Å². The molecule has 0 atom stereocenters. The number of rotatable bonds is 1. The Balaban J connectivity index is 2.22. The average Bonchev–Trinajstić information content (AvgIpc) is 2.82. The largest absolute Gasteiger partial charge is 0.464 e. The van der Waals surface area contributed by atoms with Crippen molar-refractivity contribution in [3.8, 4) is 11.3 Å². The van der Waals surface area contributed by atoms with Crippen molar-refractivity contribution < 1.29 is 4.42 Å². The molecule has 3 rings (SSSR count). The lowest BCUT2D eigenvalue weighted by atomic mass is 10.0. The van der Waals surface area contributed by atoms with Gasteiger partial charge in [0, 0.05) is 17.7 Å². The lowest BCUT2D eigenvalue weighted by Crippen LogP contribution is -1.94. The van der Waals surface area contributed by atoms with Crippen molar-refractivity contribution in [2.24, 2.45) is 5.73 Å². The number of furan rings is 1. The van der Waals surface area contributed by atoms with Gasteiger partial charge < -0.3 is 10.2 Å². The lowest BCUT2D eigenvalue weighted by Gasteiger charge is -2.03. The van der Waals surface area contributed by atoms with E-state index < -0.39 is 0 Å². The zero-order valence-electron chi connectivity index (χ0n) is 8.23. The fraction of sp³-hybridized carbons (Fsp3) is 0.0769. The van der Waals surface area contributed by atoms with E-state index in [0.29, 0.717) is 0 Å². The Bertz CT molecular complexity index is 523. The zero-order valence-corrected chi connectivity index (χ0v) is 8.23. The molecule has 2 aromatic rings. The molecule has 1 aromatic carbocycles. The van der Waals surface area contributed by atoms with Crippen LogP contribution in [0.15, 0.2) is 46.7 Å². The summed E-state index contributed by atoms with van der Waals surface area (Å²) < 4.78 is 5.41. The van der Waals surface area contributed by atoms with Gasteiger partial charge in [0.05, 0.1) is 6.26 Å². The Morgan fingerprint density at radius 3 is 2.87 bits per heavy atom. The minimum Gasteiger partial charge on any atom is -0.464 e. The number of fused-ring (bicyclic) bond motifs is 1. The molecule has 0 radical (unpaired) electrons. The van der Waals surface area contributed by atoms with Crippen LogP contribution in [0.25, 0.3) is 17.4 Å². The standard InChI is InChI=1S/C13H11NO/c14-10-7-9-3-1-4-11(12(9)8-10)13-5-2-6-15-13/h1-6,8H,7,14H2. The molecule has 1 aliphatic rings. The minimum absolute atomic E-state index is 0.851. The van der Waals surface area contributed by atoms with E-state index in [9.17, 15) is 0 Å². The third kappa shape index (κ3) is 1.26. The molecule has 0 aliphatic heterocycles. The molecular weight excluding hydrogens is 186 g/mol. The van der Waals surface area contributed by atoms with E-state index in [2.05, 4.69) is 12.1 Å². The summed E-state index contributed by atoms with van der Waals surface area (Å²) >= 11 is 0. The number of hydrogen-bond donors (Lipinski definition) is 1. The highest BCUT2D eigenvalue weighted by molar-refractivity contribution is 5.78. The summed E-state index contributed by atoms with van der Waals surface area (Å²) in [6, 6.07) is 10.1. The first-order valence-corrected chi connectivity index (χ1v) is 4.96. The normalized spacial score (nSPS) is 13.7.